The zero-order valence-corrected chi connectivity index (χ0v) is 11.2. The zero-order chi connectivity index (χ0) is 9.84. The second-order valence-corrected chi connectivity index (χ2v) is 5.04. The Bertz CT molecular complexity index is 184. The molecule has 0 aromatic rings. The molecule has 0 bridgehead atoms. The predicted molar refractivity (Wildman–Crippen MR) is 71.3 cm³/mol. The SMILES string of the molecule is CC[C@H](C)[C@H](N)C(=S)N1CCSC1.Cl. The molecule has 1 aliphatic rings. The van der Waals surface area contributed by atoms with E-state index in [9.17, 15) is 0 Å². The van der Waals surface area contributed by atoms with Crippen molar-refractivity contribution in [2.45, 2.75) is 26.3 Å². The first kappa shape index (κ1) is 14.5. The first-order valence-corrected chi connectivity index (χ1v) is 6.35. The molecule has 1 aliphatic heterocycles. The smallest absolute Gasteiger partial charge is 0.0959 e. The summed E-state index contributed by atoms with van der Waals surface area (Å²) < 4.78 is 0. The fraction of sp³-hybridized carbons (Fsp3) is 0.889. The van der Waals surface area contributed by atoms with Crippen molar-refractivity contribution in [3.8, 4) is 0 Å². The quantitative estimate of drug-likeness (QED) is 0.782. The molecule has 0 amide bonds. The van der Waals surface area contributed by atoms with Crippen LogP contribution in [0, 0.1) is 5.92 Å². The highest BCUT2D eigenvalue weighted by molar-refractivity contribution is 7.99. The summed E-state index contributed by atoms with van der Waals surface area (Å²) in [6, 6.07) is 0.0682. The van der Waals surface area contributed by atoms with Crippen molar-refractivity contribution in [3.63, 3.8) is 0 Å². The maximum atomic E-state index is 6.06. The lowest BCUT2D eigenvalue weighted by atomic mass is 10.00. The van der Waals surface area contributed by atoms with Crippen LogP contribution in [0.1, 0.15) is 20.3 Å². The van der Waals surface area contributed by atoms with Gasteiger partial charge in [0.2, 0.25) is 0 Å². The molecular formula is C9H19ClN2S2. The molecule has 0 saturated carbocycles. The Hall–Kier alpha value is 0.490. The molecule has 84 valence electrons. The number of thiocarbonyl (C=S) groups is 1. The van der Waals surface area contributed by atoms with Crippen molar-refractivity contribution >= 4 is 41.4 Å². The number of nitrogens with zero attached hydrogens (tertiary/aromatic N) is 1. The molecule has 0 aromatic heterocycles. The molecular weight excluding hydrogens is 236 g/mol. The Labute approximate surface area is 102 Å². The molecule has 14 heavy (non-hydrogen) atoms. The highest BCUT2D eigenvalue weighted by Crippen LogP contribution is 2.17. The minimum Gasteiger partial charge on any atom is -0.355 e. The van der Waals surface area contributed by atoms with Gasteiger partial charge in [-0.2, -0.15) is 0 Å². The van der Waals surface area contributed by atoms with E-state index in [4.69, 9.17) is 18.0 Å². The van der Waals surface area contributed by atoms with E-state index in [2.05, 4.69) is 18.7 Å². The van der Waals surface area contributed by atoms with Gasteiger partial charge in [-0.3, -0.25) is 0 Å². The van der Waals surface area contributed by atoms with Crippen LogP contribution < -0.4 is 5.73 Å². The first-order valence-electron chi connectivity index (χ1n) is 4.79. The van der Waals surface area contributed by atoms with Gasteiger partial charge in [-0.1, -0.05) is 32.5 Å². The average molecular weight is 255 g/mol. The normalized spacial score (nSPS) is 20.1. The average Bonchev–Trinajstić information content (AvgIpc) is 2.67. The predicted octanol–water partition coefficient (Wildman–Crippen LogP) is 2.12. The van der Waals surface area contributed by atoms with Crippen LogP contribution in [0.15, 0.2) is 0 Å². The maximum Gasteiger partial charge on any atom is 0.0959 e. The number of halogens is 1. The highest BCUT2D eigenvalue weighted by atomic mass is 35.5. The minimum atomic E-state index is 0. The standard InChI is InChI=1S/C9H18N2S2.ClH/c1-3-7(2)8(10)9(12)11-4-5-13-6-11;/h7-8H,3-6,10H2,1-2H3;1H/t7-,8-;/m0./s1. The minimum absolute atomic E-state index is 0. The third-order valence-electron chi connectivity index (χ3n) is 2.61. The van der Waals surface area contributed by atoms with Gasteiger partial charge in [-0.05, 0) is 5.92 Å². The molecule has 0 aromatic carbocycles. The molecule has 2 nitrogen and oxygen atoms in total. The monoisotopic (exact) mass is 254 g/mol. The van der Waals surface area contributed by atoms with E-state index in [0.717, 1.165) is 23.8 Å². The molecule has 1 rings (SSSR count). The number of hydrogen-bond donors (Lipinski definition) is 1. The van der Waals surface area contributed by atoms with Crippen LogP contribution in [0.5, 0.6) is 0 Å². The molecule has 1 heterocycles. The Balaban J connectivity index is 0.00000169. The first-order chi connectivity index (χ1) is 6.16. The fourth-order valence-corrected chi connectivity index (χ4v) is 2.73. The van der Waals surface area contributed by atoms with Crippen LogP contribution in [-0.4, -0.2) is 34.1 Å². The number of thioether (sulfide) groups is 1. The summed E-state index contributed by atoms with van der Waals surface area (Å²) in [5.74, 6) is 2.72. The van der Waals surface area contributed by atoms with E-state index >= 15 is 0 Å². The van der Waals surface area contributed by atoms with E-state index in [0.29, 0.717) is 5.92 Å². The number of nitrogens with two attached hydrogens (primary N) is 1. The molecule has 0 radical (unpaired) electrons. The van der Waals surface area contributed by atoms with Crippen LogP contribution >= 0.6 is 36.4 Å². The molecule has 0 aliphatic carbocycles. The molecule has 0 spiro atoms. The van der Waals surface area contributed by atoms with Crippen molar-refractivity contribution in [1.82, 2.24) is 4.90 Å². The van der Waals surface area contributed by atoms with Crippen LogP contribution in [-0.2, 0) is 0 Å². The van der Waals surface area contributed by atoms with Gasteiger partial charge >= 0.3 is 0 Å². The third-order valence-corrected chi connectivity index (χ3v) is 4.10. The summed E-state index contributed by atoms with van der Waals surface area (Å²) in [5.41, 5.74) is 6.06. The van der Waals surface area contributed by atoms with E-state index < -0.39 is 0 Å². The van der Waals surface area contributed by atoms with Gasteiger partial charge in [0.05, 0.1) is 16.9 Å². The zero-order valence-electron chi connectivity index (χ0n) is 8.73. The van der Waals surface area contributed by atoms with Crippen molar-refractivity contribution in [3.05, 3.63) is 0 Å². The van der Waals surface area contributed by atoms with Crippen molar-refractivity contribution in [2.75, 3.05) is 18.2 Å². The van der Waals surface area contributed by atoms with Crippen LogP contribution in [0.3, 0.4) is 0 Å². The highest BCUT2D eigenvalue weighted by Gasteiger charge is 2.23. The van der Waals surface area contributed by atoms with E-state index in [1.54, 1.807) is 0 Å². The summed E-state index contributed by atoms with van der Waals surface area (Å²) in [7, 11) is 0. The topological polar surface area (TPSA) is 29.3 Å². The number of hydrogen-bond acceptors (Lipinski definition) is 3. The molecule has 1 saturated heterocycles. The second kappa shape index (κ2) is 6.88. The van der Waals surface area contributed by atoms with Gasteiger partial charge in [-0.15, -0.1) is 24.2 Å². The fourth-order valence-electron chi connectivity index (χ4n) is 1.30. The molecule has 5 heteroatoms. The van der Waals surface area contributed by atoms with Gasteiger partial charge < -0.3 is 10.6 Å². The van der Waals surface area contributed by atoms with E-state index in [-0.39, 0.29) is 18.4 Å². The van der Waals surface area contributed by atoms with Crippen molar-refractivity contribution < 1.29 is 0 Å². The lowest BCUT2D eigenvalue weighted by Gasteiger charge is -2.26. The molecule has 1 fully saturated rings. The number of rotatable bonds is 3. The van der Waals surface area contributed by atoms with Gasteiger partial charge in [0.1, 0.15) is 0 Å². The Morgan fingerprint density at radius 2 is 2.29 bits per heavy atom. The van der Waals surface area contributed by atoms with E-state index in [1.807, 2.05) is 11.8 Å². The summed E-state index contributed by atoms with van der Waals surface area (Å²) in [6.07, 6.45) is 1.10. The van der Waals surface area contributed by atoms with Gasteiger partial charge in [0.25, 0.3) is 0 Å². The third kappa shape index (κ3) is 3.57. The van der Waals surface area contributed by atoms with Gasteiger partial charge in [0.15, 0.2) is 0 Å². The summed E-state index contributed by atoms with van der Waals surface area (Å²) in [5, 5.41) is 0. The Morgan fingerprint density at radius 1 is 1.64 bits per heavy atom. The van der Waals surface area contributed by atoms with Gasteiger partial charge in [-0.25, -0.2) is 0 Å². The van der Waals surface area contributed by atoms with Gasteiger partial charge in [0, 0.05) is 12.3 Å². The summed E-state index contributed by atoms with van der Waals surface area (Å²) in [4.78, 5) is 3.19. The largest absolute Gasteiger partial charge is 0.355 e. The second-order valence-electron chi connectivity index (χ2n) is 3.55. The van der Waals surface area contributed by atoms with Crippen LogP contribution in [0.25, 0.3) is 0 Å². The molecule has 2 N–H and O–H groups in total. The molecule has 2 atom stereocenters. The maximum absolute atomic E-state index is 6.06. The van der Waals surface area contributed by atoms with E-state index in [1.165, 1.54) is 5.75 Å². The lowest BCUT2D eigenvalue weighted by Crippen LogP contribution is -2.44. The molecule has 0 unspecified atom stereocenters. The van der Waals surface area contributed by atoms with Crippen LogP contribution in [0.4, 0.5) is 0 Å². The van der Waals surface area contributed by atoms with Crippen molar-refractivity contribution in [2.24, 2.45) is 11.7 Å². The van der Waals surface area contributed by atoms with Crippen LogP contribution in [0.2, 0.25) is 0 Å². The lowest BCUT2D eigenvalue weighted by molar-refractivity contribution is 0.463. The summed E-state index contributed by atoms with van der Waals surface area (Å²) in [6.45, 7) is 5.40. The summed E-state index contributed by atoms with van der Waals surface area (Å²) >= 11 is 7.30. The van der Waals surface area contributed by atoms with Crippen molar-refractivity contribution in [1.29, 1.82) is 0 Å². The Morgan fingerprint density at radius 3 is 2.71 bits per heavy atom. The Kier molecular flexibility index (Phi) is 7.12.